The van der Waals surface area contributed by atoms with Gasteiger partial charge in [0.25, 0.3) is 0 Å². The molecule has 0 unspecified atom stereocenters. The van der Waals surface area contributed by atoms with E-state index in [4.69, 9.17) is 0 Å². The molecule has 2 aliphatic rings. The molecule has 0 saturated heterocycles. The monoisotopic (exact) mass is 522 g/mol. The summed E-state index contributed by atoms with van der Waals surface area (Å²) in [5, 5.41) is 13.2. The molecule has 0 saturated carbocycles. The topological polar surface area (TPSA) is 0 Å². The third-order valence-electron chi connectivity index (χ3n) is 9.12. The van der Waals surface area contributed by atoms with E-state index >= 15 is 8.78 Å². The van der Waals surface area contributed by atoms with Crippen molar-refractivity contribution < 1.29 is 17.6 Å². The maximum absolute atomic E-state index is 16.2. The van der Waals surface area contributed by atoms with Crippen LogP contribution in [0.4, 0.5) is 17.6 Å². The SMILES string of the molecule is Fc1cc2c(cc1F)=c1c3ccccc3c3c4cc(F)c5c6c(c(F)cc(c7ccc=2c1c73)c64)=c1ccccc1=5. The third-order valence-corrected chi connectivity index (χ3v) is 9.12. The van der Waals surface area contributed by atoms with E-state index in [9.17, 15) is 8.78 Å². The number of rotatable bonds is 0. The lowest BCUT2D eigenvalue weighted by molar-refractivity contribution is 0.507. The van der Waals surface area contributed by atoms with Gasteiger partial charge >= 0.3 is 0 Å². The summed E-state index contributed by atoms with van der Waals surface area (Å²) >= 11 is 0. The van der Waals surface area contributed by atoms with Crippen LogP contribution in [0.2, 0.25) is 0 Å². The standard InChI is InChI=1S/C36H14F4/c37-25-11-21-19-9-10-20-22-13-27(39)32-17-7-3-4-8-18(17)33-28(40)14-24(31(22)36(32)33)30-16-6-2-1-5-15(16)29(34(19)35(20)30)23(21)12-26(25)38/h1-14H. The zero-order valence-corrected chi connectivity index (χ0v) is 20.6. The molecule has 0 spiro atoms. The first-order chi connectivity index (χ1) is 19.5. The molecule has 4 heteroatoms. The first-order valence-corrected chi connectivity index (χ1v) is 13.1. The van der Waals surface area contributed by atoms with Crippen molar-refractivity contribution in [2.24, 2.45) is 0 Å². The molecule has 0 atom stereocenters. The molecule has 0 N–H and O–H groups in total. The normalized spacial score (nSPS) is 13.0. The van der Waals surface area contributed by atoms with Gasteiger partial charge in [0.2, 0.25) is 0 Å². The Morgan fingerprint density at radius 1 is 0.300 bits per heavy atom. The first-order valence-electron chi connectivity index (χ1n) is 13.1. The van der Waals surface area contributed by atoms with Crippen LogP contribution in [0.15, 0.2) is 84.9 Å². The van der Waals surface area contributed by atoms with Crippen LogP contribution in [-0.4, -0.2) is 0 Å². The number of hydrogen-bond acceptors (Lipinski definition) is 0. The summed E-state index contributed by atoms with van der Waals surface area (Å²) in [5.74, 6) is -2.60. The van der Waals surface area contributed by atoms with Crippen molar-refractivity contribution in [1.82, 2.24) is 0 Å². The van der Waals surface area contributed by atoms with Crippen molar-refractivity contribution in [3.8, 4) is 0 Å². The summed E-state index contributed by atoms with van der Waals surface area (Å²) in [6.07, 6.45) is 0. The molecule has 8 aromatic carbocycles. The molecule has 40 heavy (non-hydrogen) atoms. The molecule has 186 valence electrons. The minimum absolute atomic E-state index is 0.394. The Morgan fingerprint density at radius 3 is 1.60 bits per heavy atom. The van der Waals surface area contributed by atoms with Crippen LogP contribution < -0.4 is 0 Å². The van der Waals surface area contributed by atoms with Crippen molar-refractivity contribution in [3.63, 3.8) is 0 Å². The Kier molecular flexibility index (Phi) is 3.45. The molecule has 0 bridgehead atoms. The van der Waals surface area contributed by atoms with Crippen molar-refractivity contribution >= 4 is 53.9 Å². The van der Waals surface area contributed by atoms with E-state index in [0.717, 1.165) is 48.1 Å². The molecule has 0 radical (unpaired) electrons. The van der Waals surface area contributed by atoms with E-state index < -0.39 is 23.3 Å². The molecule has 0 fully saturated rings. The van der Waals surface area contributed by atoms with Gasteiger partial charge in [-0.2, -0.15) is 0 Å². The van der Waals surface area contributed by atoms with Gasteiger partial charge in [-0.1, -0.05) is 60.7 Å². The summed E-state index contributed by atoms with van der Waals surface area (Å²) in [7, 11) is 0. The maximum Gasteiger partial charge on any atom is 0.159 e. The second-order valence-electron chi connectivity index (χ2n) is 10.9. The molecule has 0 aliphatic heterocycles. The highest BCUT2D eigenvalue weighted by Crippen LogP contribution is 2.47. The molecule has 0 amide bonds. The maximum atomic E-state index is 16.2. The Labute approximate surface area is 221 Å². The number of hydrogen-bond donors (Lipinski definition) is 0. The summed E-state index contributed by atoms with van der Waals surface area (Å²) < 4.78 is 61.3. The van der Waals surface area contributed by atoms with Crippen LogP contribution in [0.3, 0.4) is 0 Å². The highest BCUT2D eigenvalue weighted by atomic mass is 19.2. The second kappa shape index (κ2) is 6.60. The molecule has 10 rings (SSSR count). The summed E-state index contributed by atoms with van der Waals surface area (Å²) in [5.41, 5.74) is 0. The van der Waals surface area contributed by atoms with E-state index in [-0.39, 0.29) is 0 Å². The fourth-order valence-corrected chi connectivity index (χ4v) is 7.72. The Morgan fingerprint density at radius 2 is 0.875 bits per heavy atom. The predicted octanol–water partition coefficient (Wildman–Crippen LogP) is 9.22. The van der Waals surface area contributed by atoms with Gasteiger partial charge in [-0.15, -0.1) is 0 Å². The number of fused-ring (bicyclic) bond motifs is 7. The van der Waals surface area contributed by atoms with Gasteiger partial charge in [-0.05, 0) is 104 Å². The van der Waals surface area contributed by atoms with Crippen molar-refractivity contribution in [2.45, 2.75) is 0 Å². The van der Waals surface area contributed by atoms with Crippen molar-refractivity contribution in [2.75, 3.05) is 0 Å². The molecular weight excluding hydrogens is 508 g/mol. The minimum Gasteiger partial charge on any atom is -0.206 e. The van der Waals surface area contributed by atoms with E-state index in [2.05, 4.69) is 0 Å². The van der Waals surface area contributed by atoms with Gasteiger partial charge in [0.05, 0.1) is 0 Å². The van der Waals surface area contributed by atoms with E-state index in [1.54, 1.807) is 12.1 Å². The second-order valence-corrected chi connectivity index (χ2v) is 10.9. The van der Waals surface area contributed by atoms with Crippen LogP contribution in [-0.2, 0) is 0 Å². The van der Waals surface area contributed by atoms with Crippen LogP contribution in [0.1, 0.15) is 0 Å². The van der Waals surface area contributed by atoms with Gasteiger partial charge in [-0.25, -0.2) is 17.6 Å². The average molecular weight is 523 g/mol. The summed E-state index contributed by atoms with van der Waals surface area (Å²) in [6.45, 7) is 0. The predicted molar refractivity (Wildman–Crippen MR) is 149 cm³/mol. The molecule has 0 aromatic heterocycles. The quantitative estimate of drug-likeness (QED) is 0.106. The van der Waals surface area contributed by atoms with Gasteiger partial charge < -0.3 is 0 Å². The molecule has 8 aromatic rings. The lowest BCUT2D eigenvalue weighted by atomic mass is 9.85. The van der Waals surface area contributed by atoms with Gasteiger partial charge in [0.15, 0.2) is 11.6 Å². The van der Waals surface area contributed by atoms with Crippen molar-refractivity contribution in [1.29, 1.82) is 0 Å². The molecule has 0 heterocycles. The molecule has 0 nitrogen and oxygen atoms in total. The largest absolute Gasteiger partial charge is 0.206 e. The van der Waals surface area contributed by atoms with Crippen LogP contribution >= 0.6 is 0 Å². The zero-order valence-electron chi connectivity index (χ0n) is 20.6. The minimum atomic E-state index is -0.905. The van der Waals surface area contributed by atoms with E-state index in [0.29, 0.717) is 47.5 Å². The fraction of sp³-hybridized carbons (Fsp3) is 0. The van der Waals surface area contributed by atoms with Crippen LogP contribution in [0.5, 0.6) is 0 Å². The smallest absolute Gasteiger partial charge is 0.159 e. The average Bonchev–Trinajstić information content (AvgIpc) is 3.48. The van der Waals surface area contributed by atoms with Crippen LogP contribution in [0.25, 0.3) is 53.9 Å². The lowest BCUT2D eigenvalue weighted by Crippen LogP contribution is -1.94. The fourth-order valence-electron chi connectivity index (χ4n) is 7.72. The molecular formula is C36H14F4. The highest BCUT2D eigenvalue weighted by molar-refractivity contribution is 6.38. The van der Waals surface area contributed by atoms with Crippen LogP contribution in [0, 0.1) is 65.0 Å². The van der Waals surface area contributed by atoms with E-state index in [1.807, 2.05) is 60.7 Å². The first kappa shape index (κ1) is 20.9. The van der Waals surface area contributed by atoms with Crippen molar-refractivity contribution in [3.05, 3.63) is 150 Å². The third kappa shape index (κ3) is 2.14. The highest BCUT2D eigenvalue weighted by Gasteiger charge is 2.24. The lowest BCUT2D eigenvalue weighted by Gasteiger charge is -2.17. The zero-order chi connectivity index (χ0) is 26.6. The summed E-state index contributed by atoms with van der Waals surface area (Å²) in [4.78, 5) is 0. The number of halogens is 4. The Balaban J connectivity index is 1.67. The Bertz CT molecular complexity index is 2930. The number of benzene rings is 8. The van der Waals surface area contributed by atoms with Gasteiger partial charge in [0, 0.05) is 15.8 Å². The van der Waals surface area contributed by atoms with E-state index in [1.165, 1.54) is 12.1 Å². The van der Waals surface area contributed by atoms with Gasteiger partial charge in [-0.3, -0.25) is 0 Å². The van der Waals surface area contributed by atoms with Gasteiger partial charge in [0.1, 0.15) is 11.6 Å². The molecule has 2 aliphatic carbocycles. The Hall–Kier alpha value is -4.96. The summed E-state index contributed by atoms with van der Waals surface area (Å²) in [6, 6.07) is 24.8.